The van der Waals surface area contributed by atoms with Gasteiger partial charge in [-0.05, 0) is 50.2 Å². The van der Waals surface area contributed by atoms with Crippen molar-refractivity contribution in [2.75, 3.05) is 25.0 Å². The number of alkyl halides is 3. The summed E-state index contributed by atoms with van der Waals surface area (Å²) < 4.78 is 37.6. The Kier molecular flexibility index (Phi) is 5.11. The number of piperidine rings is 1. The summed E-state index contributed by atoms with van der Waals surface area (Å²) in [6.45, 7) is 0.684. The summed E-state index contributed by atoms with van der Waals surface area (Å²) >= 11 is 5.74. The highest BCUT2D eigenvalue weighted by Gasteiger charge is 2.41. The van der Waals surface area contributed by atoms with E-state index >= 15 is 0 Å². The SMILES string of the molecule is O=C(CN1CCC(C(F)(F)F)CC1)Nc1ccc(Cl)cc1. The van der Waals surface area contributed by atoms with Crippen LogP contribution in [0.25, 0.3) is 0 Å². The van der Waals surface area contributed by atoms with Crippen molar-refractivity contribution in [3.63, 3.8) is 0 Å². The molecule has 0 aliphatic carbocycles. The molecule has 1 saturated heterocycles. The molecular formula is C14H16ClF3N2O. The Morgan fingerprint density at radius 1 is 1.24 bits per heavy atom. The zero-order chi connectivity index (χ0) is 15.5. The van der Waals surface area contributed by atoms with Crippen LogP contribution < -0.4 is 5.32 Å². The van der Waals surface area contributed by atoms with Crippen molar-refractivity contribution in [2.24, 2.45) is 5.92 Å². The lowest BCUT2D eigenvalue weighted by atomic mass is 9.96. The second-order valence-corrected chi connectivity index (χ2v) is 5.58. The van der Waals surface area contributed by atoms with Crippen LogP contribution in [0.15, 0.2) is 24.3 Å². The van der Waals surface area contributed by atoms with E-state index in [9.17, 15) is 18.0 Å². The lowest BCUT2D eigenvalue weighted by Crippen LogP contribution is -2.42. The lowest BCUT2D eigenvalue weighted by molar-refractivity contribution is -0.184. The minimum atomic E-state index is -4.13. The largest absolute Gasteiger partial charge is 0.391 e. The number of nitrogens with zero attached hydrogens (tertiary/aromatic N) is 1. The highest BCUT2D eigenvalue weighted by atomic mass is 35.5. The second kappa shape index (κ2) is 6.66. The van der Waals surface area contributed by atoms with E-state index in [0.717, 1.165) is 0 Å². The molecular weight excluding hydrogens is 305 g/mol. The van der Waals surface area contributed by atoms with Gasteiger partial charge in [0.1, 0.15) is 0 Å². The summed E-state index contributed by atoms with van der Waals surface area (Å²) in [7, 11) is 0. The van der Waals surface area contributed by atoms with Gasteiger partial charge in [-0.3, -0.25) is 9.69 Å². The zero-order valence-electron chi connectivity index (χ0n) is 11.3. The number of carbonyl (C=O) groups is 1. The molecule has 1 fully saturated rings. The van der Waals surface area contributed by atoms with Crippen LogP contribution in [0.1, 0.15) is 12.8 Å². The molecule has 2 rings (SSSR count). The number of halogens is 4. The fourth-order valence-electron chi connectivity index (χ4n) is 2.36. The minimum absolute atomic E-state index is 0.0533. The first-order valence-electron chi connectivity index (χ1n) is 6.69. The molecule has 0 atom stereocenters. The van der Waals surface area contributed by atoms with Gasteiger partial charge in [0, 0.05) is 10.7 Å². The summed E-state index contributed by atoms with van der Waals surface area (Å²) in [5, 5.41) is 3.27. The summed E-state index contributed by atoms with van der Waals surface area (Å²) in [4.78, 5) is 13.6. The predicted molar refractivity (Wildman–Crippen MR) is 75.3 cm³/mol. The third-order valence-electron chi connectivity index (χ3n) is 3.55. The van der Waals surface area contributed by atoms with Crippen LogP contribution in [0.5, 0.6) is 0 Å². The molecule has 1 N–H and O–H groups in total. The number of likely N-dealkylation sites (tertiary alicyclic amines) is 1. The van der Waals surface area contributed by atoms with E-state index in [0.29, 0.717) is 10.7 Å². The molecule has 1 aliphatic heterocycles. The molecule has 0 unspecified atom stereocenters. The van der Waals surface area contributed by atoms with Crippen LogP contribution in [0, 0.1) is 5.92 Å². The molecule has 21 heavy (non-hydrogen) atoms. The number of hydrogen-bond acceptors (Lipinski definition) is 2. The average Bonchev–Trinajstić information content (AvgIpc) is 2.41. The van der Waals surface area contributed by atoms with Gasteiger partial charge in [0.15, 0.2) is 0 Å². The first-order chi connectivity index (χ1) is 9.84. The number of carbonyl (C=O) groups excluding carboxylic acids is 1. The molecule has 0 bridgehead atoms. The van der Waals surface area contributed by atoms with Gasteiger partial charge in [0.25, 0.3) is 0 Å². The van der Waals surface area contributed by atoms with Gasteiger partial charge in [0.05, 0.1) is 12.5 Å². The van der Waals surface area contributed by atoms with Gasteiger partial charge in [-0.2, -0.15) is 13.2 Å². The third-order valence-corrected chi connectivity index (χ3v) is 3.80. The van der Waals surface area contributed by atoms with E-state index in [1.54, 1.807) is 29.2 Å². The molecule has 0 saturated carbocycles. The standard InChI is InChI=1S/C14H16ClF3N2O/c15-11-1-3-12(4-2-11)19-13(21)9-20-7-5-10(6-8-20)14(16,17)18/h1-4,10H,5-9H2,(H,19,21). The molecule has 1 heterocycles. The number of hydrogen-bond donors (Lipinski definition) is 1. The maximum absolute atomic E-state index is 12.5. The predicted octanol–water partition coefficient (Wildman–Crippen LogP) is 3.55. The van der Waals surface area contributed by atoms with Gasteiger partial charge in [-0.15, -0.1) is 0 Å². The van der Waals surface area contributed by atoms with E-state index < -0.39 is 12.1 Å². The first kappa shape index (κ1) is 16.1. The van der Waals surface area contributed by atoms with Crippen molar-refractivity contribution in [1.29, 1.82) is 0 Å². The van der Waals surface area contributed by atoms with E-state index in [-0.39, 0.29) is 38.4 Å². The zero-order valence-corrected chi connectivity index (χ0v) is 12.0. The Morgan fingerprint density at radius 3 is 2.33 bits per heavy atom. The average molecular weight is 321 g/mol. The number of anilines is 1. The normalized spacial score (nSPS) is 17.7. The first-order valence-corrected chi connectivity index (χ1v) is 7.07. The molecule has 1 aromatic carbocycles. The Morgan fingerprint density at radius 2 is 1.81 bits per heavy atom. The van der Waals surface area contributed by atoms with Crippen molar-refractivity contribution >= 4 is 23.2 Å². The van der Waals surface area contributed by atoms with Crippen LogP contribution >= 0.6 is 11.6 Å². The van der Waals surface area contributed by atoms with Gasteiger partial charge < -0.3 is 5.32 Å². The van der Waals surface area contributed by atoms with Crippen LogP contribution in [0.4, 0.5) is 18.9 Å². The molecule has 1 amide bonds. The van der Waals surface area contributed by atoms with Gasteiger partial charge >= 0.3 is 6.18 Å². The summed E-state index contributed by atoms with van der Waals surface area (Å²) in [5.41, 5.74) is 0.620. The van der Waals surface area contributed by atoms with Gasteiger partial charge in [-0.25, -0.2) is 0 Å². The number of amides is 1. The number of rotatable bonds is 3. The van der Waals surface area contributed by atoms with E-state index in [1.807, 2.05) is 0 Å². The van der Waals surface area contributed by atoms with Crippen molar-refractivity contribution in [2.45, 2.75) is 19.0 Å². The minimum Gasteiger partial charge on any atom is -0.325 e. The molecule has 0 radical (unpaired) electrons. The molecule has 1 aliphatic rings. The van der Waals surface area contributed by atoms with E-state index in [1.165, 1.54) is 0 Å². The second-order valence-electron chi connectivity index (χ2n) is 5.15. The van der Waals surface area contributed by atoms with Crippen LogP contribution in [-0.4, -0.2) is 36.6 Å². The third kappa shape index (κ3) is 4.89. The smallest absolute Gasteiger partial charge is 0.325 e. The number of benzene rings is 1. The van der Waals surface area contributed by atoms with Crippen LogP contribution in [0.3, 0.4) is 0 Å². The molecule has 0 aromatic heterocycles. The maximum atomic E-state index is 12.5. The fraction of sp³-hybridized carbons (Fsp3) is 0.500. The van der Waals surface area contributed by atoms with Crippen molar-refractivity contribution in [1.82, 2.24) is 4.90 Å². The highest BCUT2D eigenvalue weighted by molar-refractivity contribution is 6.30. The molecule has 116 valence electrons. The maximum Gasteiger partial charge on any atom is 0.391 e. The van der Waals surface area contributed by atoms with Gasteiger partial charge in [0.2, 0.25) is 5.91 Å². The van der Waals surface area contributed by atoms with Crippen molar-refractivity contribution in [3.05, 3.63) is 29.3 Å². The monoisotopic (exact) mass is 320 g/mol. The fourth-order valence-corrected chi connectivity index (χ4v) is 2.48. The Balaban J connectivity index is 1.78. The van der Waals surface area contributed by atoms with Crippen molar-refractivity contribution in [3.8, 4) is 0 Å². The topological polar surface area (TPSA) is 32.3 Å². The Hall–Kier alpha value is -1.27. The molecule has 1 aromatic rings. The summed E-state index contributed by atoms with van der Waals surface area (Å²) in [6, 6.07) is 6.67. The molecule has 3 nitrogen and oxygen atoms in total. The number of nitrogens with one attached hydrogen (secondary N) is 1. The van der Waals surface area contributed by atoms with E-state index in [2.05, 4.69) is 5.32 Å². The molecule has 0 spiro atoms. The Bertz CT molecular complexity index is 482. The summed E-state index contributed by atoms with van der Waals surface area (Å²) in [6.07, 6.45) is -4.02. The quantitative estimate of drug-likeness (QED) is 0.923. The Labute approximate surface area is 126 Å². The van der Waals surface area contributed by atoms with Crippen LogP contribution in [0.2, 0.25) is 5.02 Å². The lowest BCUT2D eigenvalue weighted by Gasteiger charge is -2.32. The highest BCUT2D eigenvalue weighted by Crippen LogP contribution is 2.33. The van der Waals surface area contributed by atoms with E-state index in [4.69, 9.17) is 11.6 Å². The molecule has 7 heteroatoms. The van der Waals surface area contributed by atoms with Gasteiger partial charge in [-0.1, -0.05) is 11.6 Å². The summed E-state index contributed by atoms with van der Waals surface area (Å²) in [5.74, 6) is -1.48. The van der Waals surface area contributed by atoms with Crippen molar-refractivity contribution < 1.29 is 18.0 Å². The van der Waals surface area contributed by atoms with Crippen LogP contribution in [-0.2, 0) is 4.79 Å².